The van der Waals surface area contributed by atoms with E-state index in [2.05, 4.69) is 9.97 Å². The Morgan fingerprint density at radius 3 is 2.36 bits per heavy atom. The highest BCUT2D eigenvalue weighted by atomic mass is 19.1. The number of methoxy groups -OCH3 is 4. The van der Waals surface area contributed by atoms with Gasteiger partial charge in [-0.3, -0.25) is 4.79 Å². The van der Waals surface area contributed by atoms with Crippen molar-refractivity contribution < 1.29 is 37.6 Å². The molecule has 0 bridgehead atoms. The summed E-state index contributed by atoms with van der Waals surface area (Å²) < 4.78 is 47.4. The monoisotopic (exact) mass is 532 g/mol. The van der Waals surface area contributed by atoms with Crippen LogP contribution in [0.25, 0.3) is 22.7 Å². The number of aromatic nitrogens is 2. The van der Waals surface area contributed by atoms with Crippen molar-refractivity contribution in [1.82, 2.24) is 9.97 Å². The summed E-state index contributed by atoms with van der Waals surface area (Å²) in [6, 6.07) is 11.7. The van der Waals surface area contributed by atoms with Crippen LogP contribution in [0.15, 0.2) is 42.5 Å². The number of ether oxygens (including phenoxy) is 6. The van der Waals surface area contributed by atoms with Crippen molar-refractivity contribution in [3.63, 3.8) is 0 Å². The third-order valence-electron chi connectivity index (χ3n) is 7.11. The first-order valence-corrected chi connectivity index (χ1v) is 12.1. The summed E-state index contributed by atoms with van der Waals surface area (Å²) in [6.45, 7) is 0.0964. The smallest absolute Gasteiger partial charge is 0.314 e. The Hall–Kier alpha value is -4.73. The number of hydrogen-bond acceptors (Lipinski definition) is 8. The van der Waals surface area contributed by atoms with Gasteiger partial charge in [-0.25, -0.2) is 9.37 Å². The van der Waals surface area contributed by atoms with E-state index >= 15 is 0 Å². The van der Waals surface area contributed by atoms with Gasteiger partial charge in [0.2, 0.25) is 12.5 Å². The topological polar surface area (TPSA) is 101 Å². The van der Waals surface area contributed by atoms with E-state index in [9.17, 15) is 9.18 Å². The number of carbonyl (C=O) groups excluding carboxylic acids is 1. The van der Waals surface area contributed by atoms with Gasteiger partial charge in [0.15, 0.2) is 23.0 Å². The van der Waals surface area contributed by atoms with Crippen molar-refractivity contribution in [2.24, 2.45) is 5.92 Å². The van der Waals surface area contributed by atoms with Crippen LogP contribution in [0.4, 0.5) is 4.39 Å². The molecule has 0 spiro atoms. The molecule has 2 atom stereocenters. The minimum atomic E-state index is -0.837. The van der Waals surface area contributed by atoms with Crippen molar-refractivity contribution in [2.75, 3.05) is 35.2 Å². The molecule has 3 aromatic carbocycles. The van der Waals surface area contributed by atoms with E-state index in [1.807, 2.05) is 30.3 Å². The summed E-state index contributed by atoms with van der Waals surface area (Å²) >= 11 is 0. The van der Waals surface area contributed by atoms with Gasteiger partial charge in [0, 0.05) is 11.5 Å². The second-order valence-electron chi connectivity index (χ2n) is 9.12. The number of nitrogens with one attached hydrogen (secondary N) is 1. The number of rotatable bonds is 6. The molecule has 1 N–H and O–H groups in total. The van der Waals surface area contributed by atoms with Crippen molar-refractivity contribution in [2.45, 2.75) is 5.92 Å². The van der Waals surface area contributed by atoms with Crippen molar-refractivity contribution in [3.05, 3.63) is 70.8 Å². The lowest BCUT2D eigenvalue weighted by atomic mass is 9.71. The van der Waals surface area contributed by atoms with Gasteiger partial charge in [-0.05, 0) is 65.2 Å². The Morgan fingerprint density at radius 2 is 1.69 bits per heavy atom. The van der Waals surface area contributed by atoms with Crippen LogP contribution in [-0.4, -0.2) is 51.2 Å². The number of halogens is 1. The maximum absolute atomic E-state index is 14.0. The molecule has 1 aliphatic heterocycles. The van der Waals surface area contributed by atoms with Gasteiger partial charge in [0.25, 0.3) is 0 Å². The molecule has 2 aliphatic rings. The lowest BCUT2D eigenvalue weighted by Crippen LogP contribution is -2.29. The van der Waals surface area contributed by atoms with E-state index in [0.717, 1.165) is 11.1 Å². The molecule has 0 radical (unpaired) electrons. The Morgan fingerprint density at radius 1 is 0.974 bits per heavy atom. The minimum absolute atomic E-state index is 0.0964. The van der Waals surface area contributed by atoms with Crippen LogP contribution in [0.2, 0.25) is 0 Å². The number of imidazole rings is 1. The number of H-pyrrole nitrogens is 1. The summed E-state index contributed by atoms with van der Waals surface area (Å²) in [4.78, 5) is 21.4. The van der Waals surface area contributed by atoms with E-state index in [0.29, 0.717) is 56.7 Å². The zero-order valence-corrected chi connectivity index (χ0v) is 21.7. The van der Waals surface area contributed by atoms with Crippen molar-refractivity contribution in [1.29, 1.82) is 0 Å². The predicted molar refractivity (Wildman–Crippen MR) is 140 cm³/mol. The van der Waals surface area contributed by atoms with E-state index in [1.165, 1.54) is 40.6 Å². The third-order valence-corrected chi connectivity index (χ3v) is 7.11. The van der Waals surface area contributed by atoms with Crippen LogP contribution < -0.4 is 23.7 Å². The molecule has 1 aromatic heterocycles. The molecule has 4 aromatic rings. The molecule has 39 heavy (non-hydrogen) atoms. The average Bonchev–Trinajstić information content (AvgIpc) is 3.59. The molecule has 0 amide bonds. The first kappa shape index (κ1) is 24.6. The number of benzene rings is 3. The summed E-state index contributed by atoms with van der Waals surface area (Å²) in [6.07, 6.45) is 1.88. The van der Waals surface area contributed by atoms with Crippen LogP contribution in [0.5, 0.6) is 28.7 Å². The molecule has 10 heteroatoms. The Kier molecular flexibility index (Phi) is 6.02. The fraction of sp³-hybridized carbons (Fsp3) is 0.241. The third kappa shape index (κ3) is 3.99. The lowest BCUT2D eigenvalue weighted by molar-refractivity contribution is -0.143. The molecule has 0 unspecified atom stereocenters. The van der Waals surface area contributed by atoms with Gasteiger partial charge in [0.1, 0.15) is 11.6 Å². The molecule has 0 saturated heterocycles. The normalized spacial score (nSPS) is 17.4. The Labute approximate surface area is 223 Å². The van der Waals surface area contributed by atoms with Gasteiger partial charge in [-0.15, -0.1) is 0 Å². The highest BCUT2D eigenvalue weighted by Crippen LogP contribution is 2.52. The molecular formula is C29H25FN2O7. The second kappa shape index (κ2) is 9.54. The molecule has 0 saturated carbocycles. The fourth-order valence-corrected chi connectivity index (χ4v) is 5.36. The largest absolute Gasteiger partial charge is 0.493 e. The number of hydrogen-bond donors (Lipinski definition) is 1. The number of fused-ring (bicyclic) bond motifs is 3. The first-order chi connectivity index (χ1) is 18.9. The van der Waals surface area contributed by atoms with Crippen LogP contribution in [0, 0.1) is 11.7 Å². The van der Waals surface area contributed by atoms with Gasteiger partial charge in [-0.2, -0.15) is 0 Å². The number of esters is 1. The predicted octanol–water partition coefficient (Wildman–Crippen LogP) is 4.93. The first-order valence-electron chi connectivity index (χ1n) is 12.1. The highest BCUT2D eigenvalue weighted by Gasteiger charge is 2.42. The molecule has 9 nitrogen and oxygen atoms in total. The van der Waals surface area contributed by atoms with E-state index in [1.54, 1.807) is 6.07 Å². The maximum atomic E-state index is 14.0. The van der Waals surface area contributed by atoms with Crippen LogP contribution in [-0.2, 0) is 9.53 Å². The highest BCUT2D eigenvalue weighted by molar-refractivity contribution is 5.99. The molecule has 0 fully saturated rings. The maximum Gasteiger partial charge on any atom is 0.314 e. The Balaban J connectivity index is 1.63. The SMILES string of the molecule is COC(=O)[C@H]1C(c2nc3ccc(F)cc3[nH]2)=Cc2cc3c(cc2[C@H]1c1cc(OC)c(OC)c(OC)c1)OCO3. The number of nitrogens with zero attached hydrogens (tertiary/aromatic N) is 1. The summed E-state index contributed by atoms with van der Waals surface area (Å²) in [7, 11) is 5.93. The van der Waals surface area contributed by atoms with Crippen LogP contribution in [0.1, 0.15) is 28.4 Å². The van der Waals surface area contributed by atoms with Crippen LogP contribution in [0.3, 0.4) is 0 Å². The van der Waals surface area contributed by atoms with Crippen molar-refractivity contribution >= 4 is 28.7 Å². The lowest BCUT2D eigenvalue weighted by Gasteiger charge is -2.33. The summed E-state index contributed by atoms with van der Waals surface area (Å²) in [5.41, 5.74) is 3.98. The molecule has 200 valence electrons. The molecule has 6 rings (SSSR count). The number of aromatic amines is 1. The fourth-order valence-electron chi connectivity index (χ4n) is 5.36. The zero-order chi connectivity index (χ0) is 27.3. The van der Waals surface area contributed by atoms with E-state index < -0.39 is 23.6 Å². The van der Waals surface area contributed by atoms with Crippen molar-refractivity contribution in [3.8, 4) is 28.7 Å². The van der Waals surface area contributed by atoms with Gasteiger partial charge in [-0.1, -0.05) is 0 Å². The minimum Gasteiger partial charge on any atom is -0.493 e. The molecule has 1 aliphatic carbocycles. The zero-order valence-electron chi connectivity index (χ0n) is 21.7. The van der Waals surface area contributed by atoms with Gasteiger partial charge < -0.3 is 33.4 Å². The second-order valence-corrected chi connectivity index (χ2v) is 9.12. The quantitative estimate of drug-likeness (QED) is 0.349. The molecule has 2 heterocycles. The van der Waals surface area contributed by atoms with Gasteiger partial charge in [0.05, 0.1) is 45.4 Å². The van der Waals surface area contributed by atoms with Crippen LogP contribution >= 0.6 is 0 Å². The van der Waals surface area contributed by atoms with E-state index in [-0.39, 0.29) is 6.79 Å². The Bertz CT molecular complexity index is 1620. The van der Waals surface area contributed by atoms with Gasteiger partial charge >= 0.3 is 5.97 Å². The summed E-state index contributed by atoms with van der Waals surface area (Å²) in [5, 5.41) is 0. The summed E-state index contributed by atoms with van der Waals surface area (Å²) in [5.74, 6) is 0.616. The number of carbonyl (C=O) groups is 1. The average molecular weight is 533 g/mol. The standard InChI is InChI=1S/C29H25FN2O7/c1-34-23-9-15(10-24(35-2)27(23)36-3)25-17-12-22-21(38-13-39-22)8-14(17)7-18(26(25)29(33)37-4)28-31-19-6-5-16(30)11-20(19)32-28/h5-12,25-26H,13H2,1-4H3,(H,31,32)/t25-,26+/m1/s1. The van der Waals surface area contributed by atoms with E-state index in [4.69, 9.17) is 28.4 Å². The molecular weight excluding hydrogens is 507 g/mol.